The maximum absolute atomic E-state index is 12.6. The van der Waals surface area contributed by atoms with Crippen LogP contribution >= 0.6 is 0 Å². The minimum atomic E-state index is -0.154. The molecule has 2 saturated carbocycles. The van der Waals surface area contributed by atoms with Crippen LogP contribution in [0, 0.1) is 17.8 Å². The Bertz CT molecular complexity index is 776. The van der Waals surface area contributed by atoms with Gasteiger partial charge in [-0.25, -0.2) is 0 Å². The lowest BCUT2D eigenvalue weighted by molar-refractivity contribution is -0.123. The number of aromatic nitrogens is 1. The molecular weight excluding hydrogens is 300 g/mol. The van der Waals surface area contributed by atoms with Gasteiger partial charge < -0.3 is 16.0 Å². The number of nitrogens with two attached hydrogens (primary N) is 2. The molecule has 4 rings (SSSR count). The molecule has 1 heterocycles. The Labute approximate surface area is 141 Å². The molecule has 2 aliphatic carbocycles. The molecule has 2 aromatic rings. The summed E-state index contributed by atoms with van der Waals surface area (Å²) in [5, 5.41) is 0. The van der Waals surface area contributed by atoms with E-state index in [0.29, 0.717) is 11.8 Å². The number of amides is 1. The predicted octanol–water partition coefficient (Wildman–Crippen LogP) is 2.41. The van der Waals surface area contributed by atoms with Gasteiger partial charge in [0, 0.05) is 18.1 Å². The van der Waals surface area contributed by atoms with Crippen molar-refractivity contribution in [2.24, 2.45) is 34.2 Å². The number of aliphatic imine (C=N–C) groups is 1. The summed E-state index contributed by atoms with van der Waals surface area (Å²) < 4.78 is 2.09. The van der Waals surface area contributed by atoms with Crippen LogP contribution in [-0.2, 0) is 4.79 Å². The number of guanidine groups is 1. The van der Waals surface area contributed by atoms with Gasteiger partial charge in [0.05, 0.1) is 5.92 Å². The van der Waals surface area contributed by atoms with Crippen LogP contribution in [0.25, 0.3) is 5.69 Å². The van der Waals surface area contributed by atoms with E-state index >= 15 is 0 Å². The van der Waals surface area contributed by atoms with Crippen molar-refractivity contribution in [2.45, 2.75) is 25.2 Å². The van der Waals surface area contributed by atoms with E-state index in [1.807, 2.05) is 24.5 Å². The standard InChI is InChI=1S/C19H22N4O/c20-19(21)22-18(24)17-14-7-6-13(10-14)16(17)12-4-3-5-15(11-12)23-8-1-2-9-23/h1-5,8-9,11,13-14,16-17H,6-7,10H2,(H4,20,21,22,24)/t13?,14?,16-,17-/m1/s1. The smallest absolute Gasteiger partial charge is 0.252 e. The van der Waals surface area contributed by atoms with Gasteiger partial charge >= 0.3 is 0 Å². The Morgan fingerprint density at radius 1 is 1.08 bits per heavy atom. The molecule has 2 unspecified atom stereocenters. The summed E-state index contributed by atoms with van der Waals surface area (Å²) in [7, 11) is 0. The number of benzene rings is 1. The Kier molecular flexibility index (Phi) is 3.63. The summed E-state index contributed by atoms with van der Waals surface area (Å²) in [4.78, 5) is 16.4. The minimum absolute atomic E-state index is 0.0919. The molecule has 1 aromatic heterocycles. The summed E-state index contributed by atoms with van der Waals surface area (Å²) >= 11 is 0. The van der Waals surface area contributed by atoms with Crippen LogP contribution in [0.4, 0.5) is 0 Å². The van der Waals surface area contributed by atoms with Gasteiger partial charge in [-0.2, -0.15) is 4.99 Å². The highest BCUT2D eigenvalue weighted by molar-refractivity contribution is 5.93. The van der Waals surface area contributed by atoms with Crippen molar-refractivity contribution in [3.63, 3.8) is 0 Å². The first-order valence-electron chi connectivity index (χ1n) is 8.50. The zero-order valence-electron chi connectivity index (χ0n) is 13.5. The van der Waals surface area contributed by atoms with Crippen LogP contribution in [0.5, 0.6) is 0 Å². The van der Waals surface area contributed by atoms with Crippen molar-refractivity contribution in [2.75, 3.05) is 0 Å². The molecule has 2 aliphatic rings. The van der Waals surface area contributed by atoms with Gasteiger partial charge in [0.2, 0.25) is 0 Å². The van der Waals surface area contributed by atoms with E-state index in [2.05, 4.69) is 33.8 Å². The molecule has 4 atom stereocenters. The van der Waals surface area contributed by atoms with Crippen molar-refractivity contribution in [1.82, 2.24) is 4.57 Å². The van der Waals surface area contributed by atoms with Crippen molar-refractivity contribution >= 4 is 11.9 Å². The van der Waals surface area contributed by atoms with Crippen molar-refractivity contribution in [1.29, 1.82) is 0 Å². The van der Waals surface area contributed by atoms with E-state index in [1.165, 1.54) is 12.0 Å². The number of hydrogen-bond donors (Lipinski definition) is 2. The normalized spacial score (nSPS) is 28.0. The SMILES string of the molecule is NC(N)=NC(=O)[C@@H]1C2CCC(C2)[C@H]1c1cccc(-n2cccc2)c1. The lowest BCUT2D eigenvalue weighted by Crippen LogP contribution is -2.31. The van der Waals surface area contributed by atoms with Crippen LogP contribution in [0.3, 0.4) is 0 Å². The first kappa shape index (κ1) is 15.0. The summed E-state index contributed by atoms with van der Waals surface area (Å²) in [6, 6.07) is 12.5. The average molecular weight is 322 g/mol. The molecule has 5 heteroatoms. The highest BCUT2D eigenvalue weighted by Gasteiger charge is 2.51. The van der Waals surface area contributed by atoms with E-state index < -0.39 is 0 Å². The summed E-state index contributed by atoms with van der Waals surface area (Å²) in [5.74, 6) is 0.797. The molecule has 0 saturated heterocycles. The Morgan fingerprint density at radius 3 is 2.58 bits per heavy atom. The van der Waals surface area contributed by atoms with Gasteiger partial charge in [0.15, 0.2) is 5.96 Å². The van der Waals surface area contributed by atoms with Crippen LogP contribution in [-0.4, -0.2) is 16.4 Å². The molecule has 2 bridgehead atoms. The van der Waals surface area contributed by atoms with Gasteiger partial charge in [0.25, 0.3) is 5.91 Å². The fourth-order valence-corrected chi connectivity index (χ4v) is 4.73. The second-order valence-electron chi connectivity index (χ2n) is 6.94. The molecule has 124 valence electrons. The zero-order valence-corrected chi connectivity index (χ0v) is 13.5. The lowest BCUT2D eigenvalue weighted by atomic mass is 9.75. The minimum Gasteiger partial charge on any atom is -0.370 e. The van der Waals surface area contributed by atoms with E-state index in [4.69, 9.17) is 11.5 Å². The fourth-order valence-electron chi connectivity index (χ4n) is 4.73. The average Bonchev–Trinajstić information content (AvgIpc) is 3.30. The third-order valence-electron chi connectivity index (χ3n) is 5.60. The first-order valence-corrected chi connectivity index (χ1v) is 8.50. The third kappa shape index (κ3) is 2.50. The predicted molar refractivity (Wildman–Crippen MR) is 93.6 cm³/mol. The first-order chi connectivity index (χ1) is 11.6. The quantitative estimate of drug-likeness (QED) is 0.672. The second kappa shape index (κ2) is 5.82. The number of hydrogen-bond acceptors (Lipinski definition) is 1. The number of rotatable bonds is 3. The van der Waals surface area contributed by atoms with E-state index in [0.717, 1.165) is 18.5 Å². The molecule has 1 amide bonds. The molecule has 0 radical (unpaired) electrons. The summed E-state index contributed by atoms with van der Waals surface area (Å²) in [5.41, 5.74) is 13.2. The number of carbonyl (C=O) groups is 1. The van der Waals surface area contributed by atoms with Crippen molar-refractivity contribution in [3.05, 3.63) is 54.4 Å². The van der Waals surface area contributed by atoms with Crippen LogP contribution < -0.4 is 11.5 Å². The van der Waals surface area contributed by atoms with E-state index in [1.54, 1.807) is 0 Å². The molecule has 4 N–H and O–H groups in total. The molecule has 0 aliphatic heterocycles. The molecular formula is C19H22N4O. The van der Waals surface area contributed by atoms with Crippen LogP contribution in [0.15, 0.2) is 53.8 Å². The molecule has 5 nitrogen and oxygen atoms in total. The number of carbonyl (C=O) groups excluding carboxylic acids is 1. The van der Waals surface area contributed by atoms with Gasteiger partial charge in [-0.1, -0.05) is 12.1 Å². The summed E-state index contributed by atoms with van der Waals surface area (Å²) in [6.07, 6.45) is 7.46. The number of fused-ring (bicyclic) bond motifs is 2. The Hall–Kier alpha value is -2.56. The maximum atomic E-state index is 12.6. The van der Waals surface area contributed by atoms with Gasteiger partial charge in [-0.3, -0.25) is 4.79 Å². The molecule has 0 spiro atoms. The molecule has 2 fully saturated rings. The largest absolute Gasteiger partial charge is 0.370 e. The van der Waals surface area contributed by atoms with Crippen molar-refractivity contribution < 1.29 is 4.79 Å². The number of nitrogens with zero attached hydrogens (tertiary/aromatic N) is 2. The zero-order chi connectivity index (χ0) is 16.7. The second-order valence-corrected chi connectivity index (χ2v) is 6.94. The van der Waals surface area contributed by atoms with Crippen molar-refractivity contribution in [3.8, 4) is 5.69 Å². The van der Waals surface area contributed by atoms with E-state index in [-0.39, 0.29) is 23.7 Å². The monoisotopic (exact) mass is 322 g/mol. The third-order valence-corrected chi connectivity index (χ3v) is 5.60. The lowest BCUT2D eigenvalue weighted by Gasteiger charge is -2.29. The van der Waals surface area contributed by atoms with Gasteiger partial charge in [-0.15, -0.1) is 0 Å². The highest BCUT2D eigenvalue weighted by Crippen LogP contribution is 2.57. The van der Waals surface area contributed by atoms with Crippen LogP contribution in [0.1, 0.15) is 30.7 Å². The molecule has 1 aromatic carbocycles. The Morgan fingerprint density at radius 2 is 1.83 bits per heavy atom. The highest BCUT2D eigenvalue weighted by atomic mass is 16.1. The topological polar surface area (TPSA) is 86.4 Å². The van der Waals surface area contributed by atoms with Gasteiger partial charge in [-0.05, 0) is 66.8 Å². The van der Waals surface area contributed by atoms with E-state index in [9.17, 15) is 4.79 Å². The van der Waals surface area contributed by atoms with Gasteiger partial charge in [0.1, 0.15) is 0 Å². The Balaban J connectivity index is 1.70. The maximum Gasteiger partial charge on any atom is 0.252 e. The van der Waals surface area contributed by atoms with Crippen LogP contribution in [0.2, 0.25) is 0 Å². The fraction of sp³-hybridized carbons (Fsp3) is 0.368. The summed E-state index contributed by atoms with van der Waals surface area (Å²) in [6.45, 7) is 0. The molecule has 24 heavy (non-hydrogen) atoms.